The highest BCUT2D eigenvalue weighted by Gasteiger charge is 2.29. The van der Waals surface area contributed by atoms with E-state index >= 15 is 0 Å². The second kappa shape index (κ2) is 4.95. The zero-order valence-corrected chi connectivity index (χ0v) is 9.73. The van der Waals surface area contributed by atoms with Gasteiger partial charge in [-0.2, -0.15) is 0 Å². The standard InChI is InChI=1S/C14H14O3/c1-2-3-4-8-11-13(15)10-7-5-6-9-12(10)17-14(11)16/h5-9H,2-4H2,1H3. The Balaban J connectivity index is 2.30. The quantitative estimate of drug-likeness (QED) is 0.263. The van der Waals surface area contributed by atoms with E-state index < -0.39 is 5.97 Å². The molecule has 1 aliphatic rings. The number of carbonyl (C=O) groups excluding carboxylic acids is 2. The second-order valence-corrected chi connectivity index (χ2v) is 3.97. The summed E-state index contributed by atoms with van der Waals surface area (Å²) in [4.78, 5) is 23.7. The molecule has 88 valence electrons. The summed E-state index contributed by atoms with van der Waals surface area (Å²) < 4.78 is 5.12. The van der Waals surface area contributed by atoms with Crippen molar-refractivity contribution >= 4 is 11.8 Å². The van der Waals surface area contributed by atoms with E-state index in [2.05, 4.69) is 6.92 Å². The summed E-state index contributed by atoms with van der Waals surface area (Å²) >= 11 is 0. The van der Waals surface area contributed by atoms with Crippen LogP contribution in [-0.2, 0) is 4.79 Å². The number of allylic oxidation sites excluding steroid dienone is 1. The summed E-state index contributed by atoms with van der Waals surface area (Å²) in [7, 11) is 0. The Hall–Kier alpha value is -1.90. The van der Waals surface area contributed by atoms with E-state index in [9.17, 15) is 9.59 Å². The maximum Gasteiger partial charge on any atom is 0.347 e. The Morgan fingerprint density at radius 2 is 2.00 bits per heavy atom. The second-order valence-electron chi connectivity index (χ2n) is 3.97. The molecule has 0 radical (unpaired) electrons. The number of hydrogen-bond acceptors (Lipinski definition) is 3. The average Bonchev–Trinajstić information content (AvgIpc) is 2.33. The minimum Gasteiger partial charge on any atom is -0.422 e. The zero-order valence-electron chi connectivity index (χ0n) is 9.73. The van der Waals surface area contributed by atoms with Crippen molar-refractivity contribution in [1.29, 1.82) is 0 Å². The largest absolute Gasteiger partial charge is 0.422 e. The fraction of sp³-hybridized carbons (Fsp3) is 0.286. The van der Waals surface area contributed by atoms with Gasteiger partial charge < -0.3 is 4.74 Å². The predicted molar refractivity (Wildman–Crippen MR) is 64.0 cm³/mol. The molecule has 0 N–H and O–H groups in total. The summed E-state index contributed by atoms with van der Waals surface area (Å²) in [5, 5.41) is 0. The van der Waals surface area contributed by atoms with Crippen molar-refractivity contribution < 1.29 is 14.3 Å². The van der Waals surface area contributed by atoms with Crippen LogP contribution in [0.25, 0.3) is 0 Å². The maximum atomic E-state index is 12.1. The lowest BCUT2D eigenvalue weighted by Gasteiger charge is -2.16. The first-order valence-electron chi connectivity index (χ1n) is 5.80. The van der Waals surface area contributed by atoms with Crippen LogP contribution in [0, 0.1) is 0 Å². The van der Waals surface area contributed by atoms with E-state index in [-0.39, 0.29) is 11.4 Å². The molecule has 1 aliphatic heterocycles. The lowest BCUT2D eigenvalue weighted by Crippen LogP contribution is -2.25. The van der Waals surface area contributed by atoms with Crippen molar-refractivity contribution in [2.75, 3.05) is 0 Å². The van der Waals surface area contributed by atoms with Crippen LogP contribution in [0.5, 0.6) is 5.75 Å². The van der Waals surface area contributed by atoms with Gasteiger partial charge in [0.2, 0.25) is 5.78 Å². The van der Waals surface area contributed by atoms with E-state index in [0.717, 1.165) is 19.3 Å². The molecule has 3 nitrogen and oxygen atoms in total. The molecule has 1 aromatic carbocycles. The molecular weight excluding hydrogens is 216 g/mol. The molecule has 0 unspecified atom stereocenters. The lowest BCUT2D eigenvalue weighted by atomic mass is 9.98. The van der Waals surface area contributed by atoms with E-state index in [1.165, 1.54) is 0 Å². The van der Waals surface area contributed by atoms with Gasteiger partial charge in [-0.3, -0.25) is 4.79 Å². The number of ketones is 1. The molecule has 0 atom stereocenters. The Kier molecular flexibility index (Phi) is 3.38. The number of para-hydroxylation sites is 1. The third kappa shape index (κ3) is 2.28. The number of hydrogen-bond donors (Lipinski definition) is 0. The number of benzene rings is 1. The minimum atomic E-state index is -0.537. The number of Topliss-reactive ketones (excluding diaryl/α,β-unsaturated/α-hetero) is 1. The molecule has 1 heterocycles. The fourth-order valence-electron chi connectivity index (χ4n) is 1.76. The number of esters is 1. The van der Waals surface area contributed by atoms with Crippen molar-refractivity contribution in [2.24, 2.45) is 0 Å². The molecule has 1 aromatic rings. The number of fused-ring (bicyclic) bond motifs is 1. The van der Waals surface area contributed by atoms with Crippen molar-refractivity contribution in [3.63, 3.8) is 0 Å². The van der Waals surface area contributed by atoms with Gasteiger partial charge in [0, 0.05) is 0 Å². The van der Waals surface area contributed by atoms with Gasteiger partial charge in [0.05, 0.1) is 5.56 Å². The number of ether oxygens (including phenoxy) is 1. The van der Waals surface area contributed by atoms with Crippen LogP contribution in [0.1, 0.15) is 36.5 Å². The van der Waals surface area contributed by atoms with Gasteiger partial charge in [-0.25, -0.2) is 4.79 Å². The van der Waals surface area contributed by atoms with E-state index in [4.69, 9.17) is 4.74 Å². The molecule has 2 rings (SSSR count). The average molecular weight is 230 g/mol. The molecule has 3 heteroatoms. The first-order chi connectivity index (χ1) is 8.24. The van der Waals surface area contributed by atoms with Gasteiger partial charge in [-0.15, -0.1) is 0 Å². The fourth-order valence-corrected chi connectivity index (χ4v) is 1.76. The molecule has 0 bridgehead atoms. The molecular formula is C14H14O3. The van der Waals surface area contributed by atoms with E-state index in [1.54, 1.807) is 30.3 Å². The zero-order chi connectivity index (χ0) is 12.3. The predicted octanol–water partition coefficient (Wildman–Crippen LogP) is 2.90. The summed E-state index contributed by atoms with van der Waals surface area (Å²) in [5.74, 6) is -0.409. The highest BCUT2D eigenvalue weighted by atomic mass is 16.5. The lowest BCUT2D eigenvalue weighted by molar-refractivity contribution is -0.130. The molecule has 0 fully saturated rings. The van der Waals surface area contributed by atoms with Crippen LogP contribution in [0.15, 0.2) is 35.9 Å². The Labute approximate surface area is 100 Å². The Morgan fingerprint density at radius 1 is 1.24 bits per heavy atom. The highest BCUT2D eigenvalue weighted by molar-refractivity contribution is 6.27. The van der Waals surface area contributed by atoms with Crippen LogP contribution in [-0.4, -0.2) is 11.8 Å². The van der Waals surface area contributed by atoms with Crippen molar-refractivity contribution in [1.82, 2.24) is 0 Å². The topological polar surface area (TPSA) is 43.4 Å². The summed E-state index contributed by atoms with van der Waals surface area (Å²) in [5.41, 5.74) is 0.631. The third-order valence-corrected chi connectivity index (χ3v) is 2.71. The molecule has 0 amide bonds. The molecule has 17 heavy (non-hydrogen) atoms. The number of unbranched alkanes of at least 4 members (excludes halogenated alkanes) is 2. The van der Waals surface area contributed by atoms with Crippen LogP contribution < -0.4 is 4.74 Å². The molecule has 0 saturated heterocycles. The first-order valence-corrected chi connectivity index (χ1v) is 5.80. The minimum absolute atomic E-state index is 0.164. The van der Waals surface area contributed by atoms with Gasteiger partial charge in [-0.1, -0.05) is 38.0 Å². The van der Waals surface area contributed by atoms with E-state index in [1.807, 2.05) is 0 Å². The smallest absolute Gasteiger partial charge is 0.347 e. The van der Waals surface area contributed by atoms with Gasteiger partial charge in [0.15, 0.2) is 0 Å². The summed E-state index contributed by atoms with van der Waals surface area (Å²) in [6.45, 7) is 2.06. The Bertz CT molecular complexity index is 486. The van der Waals surface area contributed by atoms with Gasteiger partial charge >= 0.3 is 5.97 Å². The number of carbonyl (C=O) groups is 2. The van der Waals surface area contributed by atoms with Gasteiger partial charge in [0.1, 0.15) is 11.3 Å². The van der Waals surface area contributed by atoms with E-state index in [0.29, 0.717) is 11.3 Å². The maximum absolute atomic E-state index is 12.1. The molecule has 0 saturated carbocycles. The van der Waals surface area contributed by atoms with Crippen LogP contribution in [0.2, 0.25) is 0 Å². The summed E-state index contributed by atoms with van der Waals surface area (Å²) in [6.07, 6.45) is 4.41. The van der Waals surface area contributed by atoms with Crippen LogP contribution >= 0.6 is 0 Å². The molecule has 0 spiro atoms. The highest BCUT2D eigenvalue weighted by Crippen LogP contribution is 2.27. The normalized spacial score (nSPS) is 16.9. The van der Waals surface area contributed by atoms with Crippen LogP contribution in [0.4, 0.5) is 0 Å². The molecule has 0 aromatic heterocycles. The summed E-state index contributed by atoms with van der Waals surface area (Å²) in [6, 6.07) is 6.82. The van der Waals surface area contributed by atoms with Gasteiger partial charge in [0.25, 0.3) is 0 Å². The Morgan fingerprint density at radius 3 is 2.76 bits per heavy atom. The van der Waals surface area contributed by atoms with Crippen molar-refractivity contribution in [3.05, 3.63) is 41.5 Å². The molecule has 0 aliphatic carbocycles. The van der Waals surface area contributed by atoms with Crippen LogP contribution in [0.3, 0.4) is 0 Å². The SMILES string of the molecule is CCCCC=C1C(=O)Oc2ccccc2C1=O. The monoisotopic (exact) mass is 230 g/mol. The first kappa shape index (κ1) is 11.6. The van der Waals surface area contributed by atoms with Crippen molar-refractivity contribution in [3.8, 4) is 5.75 Å². The van der Waals surface area contributed by atoms with Gasteiger partial charge in [-0.05, 0) is 18.6 Å². The third-order valence-electron chi connectivity index (χ3n) is 2.71. The number of rotatable bonds is 3. The van der Waals surface area contributed by atoms with Crippen molar-refractivity contribution in [2.45, 2.75) is 26.2 Å².